The van der Waals surface area contributed by atoms with Gasteiger partial charge in [-0.2, -0.15) is 0 Å². The maximum Gasteiger partial charge on any atom is 0.333 e. The van der Waals surface area contributed by atoms with E-state index in [1.807, 2.05) is 0 Å². The van der Waals surface area contributed by atoms with Crippen LogP contribution in [-0.4, -0.2) is 27.1 Å². The third-order valence-electron chi connectivity index (χ3n) is 4.17. The lowest BCUT2D eigenvalue weighted by Crippen LogP contribution is -2.23. The number of hydrogen-bond acceptors (Lipinski definition) is 8. The molecule has 0 unspecified atom stereocenters. The average molecular weight is 371 g/mol. The van der Waals surface area contributed by atoms with E-state index < -0.39 is 26.7 Å². The fourth-order valence-corrected chi connectivity index (χ4v) is 3.00. The second kappa shape index (κ2) is 5.66. The Balaban J connectivity index is 2.18. The normalized spacial score (nSPS) is 11.1. The highest BCUT2D eigenvalue weighted by atomic mass is 16.8. The van der Waals surface area contributed by atoms with Crippen LogP contribution in [0, 0.1) is 25.4 Å². The van der Waals surface area contributed by atoms with E-state index in [4.69, 9.17) is 4.74 Å². The molecule has 12 heteroatoms. The van der Waals surface area contributed by atoms with Gasteiger partial charge < -0.3 is 14.9 Å². The number of aromatic nitrogens is 3. The summed E-state index contributed by atoms with van der Waals surface area (Å²) in [6.07, 6.45) is 1.46. The molecular weight excluding hydrogens is 362 g/mol. The van der Waals surface area contributed by atoms with E-state index in [-0.39, 0.29) is 21.5 Å². The Bertz CT molecular complexity index is 1240. The van der Waals surface area contributed by atoms with Crippen LogP contribution in [0.1, 0.15) is 0 Å². The Labute approximate surface area is 148 Å². The first kappa shape index (κ1) is 16.3. The van der Waals surface area contributed by atoms with Crippen molar-refractivity contribution in [2.75, 3.05) is 7.11 Å². The van der Waals surface area contributed by atoms with Gasteiger partial charge in [-0.05, 0) is 23.1 Å². The quantitative estimate of drug-likeness (QED) is 0.324. The van der Waals surface area contributed by atoms with Crippen LogP contribution in [0.2, 0.25) is 0 Å². The van der Waals surface area contributed by atoms with Crippen molar-refractivity contribution in [3.63, 3.8) is 0 Å². The van der Waals surface area contributed by atoms with E-state index in [0.29, 0.717) is 16.7 Å². The van der Waals surface area contributed by atoms with Gasteiger partial charge >= 0.3 is 11.2 Å². The fourth-order valence-electron chi connectivity index (χ4n) is 3.00. The number of nitrogens with one attached hydrogen (secondary N) is 1. The van der Waals surface area contributed by atoms with E-state index in [0.717, 1.165) is 6.07 Å². The summed E-state index contributed by atoms with van der Waals surface area (Å²) < 4.78 is 9.66. The first-order valence-corrected chi connectivity index (χ1v) is 7.43. The van der Waals surface area contributed by atoms with Crippen LogP contribution >= 0.6 is 0 Å². The SMILES string of the molecule is COc1ccc2[nH]cc(-c3c([N+](=O)[O-])cc([N+](=O)[O-])c4no[n+]([O-])c34)c2c1. The number of nitrogens with zero attached hydrogens (tertiary/aromatic N) is 4. The van der Waals surface area contributed by atoms with Crippen LogP contribution < -0.4 is 9.64 Å². The van der Waals surface area contributed by atoms with Crippen LogP contribution in [0.3, 0.4) is 0 Å². The predicted molar refractivity (Wildman–Crippen MR) is 90.1 cm³/mol. The van der Waals surface area contributed by atoms with E-state index in [9.17, 15) is 25.4 Å². The Kier molecular flexibility index (Phi) is 3.41. The van der Waals surface area contributed by atoms with Crippen molar-refractivity contribution in [1.29, 1.82) is 0 Å². The maximum atomic E-state index is 12.1. The summed E-state index contributed by atoms with van der Waals surface area (Å²) in [4.78, 5) is 24.1. The lowest BCUT2D eigenvalue weighted by Gasteiger charge is -2.04. The second-order valence-electron chi connectivity index (χ2n) is 5.55. The molecule has 2 aromatic carbocycles. The summed E-state index contributed by atoms with van der Waals surface area (Å²) in [5, 5.41) is 38.9. The minimum atomic E-state index is -0.861. The van der Waals surface area contributed by atoms with Gasteiger partial charge in [0, 0.05) is 22.7 Å². The summed E-state index contributed by atoms with van der Waals surface area (Å²) in [7, 11) is 1.46. The lowest BCUT2D eigenvalue weighted by molar-refractivity contribution is -0.782. The molecule has 0 radical (unpaired) electrons. The maximum absolute atomic E-state index is 12.1. The highest BCUT2D eigenvalue weighted by Gasteiger charge is 2.35. The molecule has 4 rings (SSSR count). The number of H-pyrrole nitrogens is 1. The molecule has 0 atom stereocenters. The summed E-state index contributed by atoms with van der Waals surface area (Å²) in [5.74, 6) is 0.490. The highest BCUT2D eigenvalue weighted by Crippen LogP contribution is 2.42. The first-order chi connectivity index (χ1) is 12.9. The van der Waals surface area contributed by atoms with Crippen LogP contribution in [-0.2, 0) is 0 Å². The van der Waals surface area contributed by atoms with E-state index >= 15 is 0 Å². The minimum Gasteiger partial charge on any atom is -0.497 e. The summed E-state index contributed by atoms with van der Waals surface area (Å²) in [5.41, 5.74) is -1.34. The topological polar surface area (TPSA) is 164 Å². The predicted octanol–water partition coefficient (Wildman–Crippen LogP) is 2.43. The number of hydrogen-bond donors (Lipinski definition) is 1. The van der Waals surface area contributed by atoms with Crippen molar-refractivity contribution in [1.82, 2.24) is 10.1 Å². The van der Waals surface area contributed by atoms with Gasteiger partial charge in [0.25, 0.3) is 5.69 Å². The van der Waals surface area contributed by atoms with Gasteiger partial charge in [0.2, 0.25) is 5.52 Å². The van der Waals surface area contributed by atoms with Crippen molar-refractivity contribution in [2.24, 2.45) is 0 Å². The van der Waals surface area contributed by atoms with Crippen LogP contribution in [0.5, 0.6) is 5.75 Å². The Morgan fingerprint density at radius 2 is 1.93 bits per heavy atom. The number of fused-ring (bicyclic) bond motifs is 2. The highest BCUT2D eigenvalue weighted by molar-refractivity contribution is 6.07. The van der Waals surface area contributed by atoms with Gasteiger partial charge in [0.15, 0.2) is 0 Å². The van der Waals surface area contributed by atoms with Crippen molar-refractivity contribution in [3.05, 3.63) is 55.9 Å². The second-order valence-corrected chi connectivity index (χ2v) is 5.55. The van der Waals surface area contributed by atoms with Crippen molar-refractivity contribution in [2.45, 2.75) is 0 Å². The molecule has 0 amide bonds. The molecule has 1 N–H and O–H groups in total. The largest absolute Gasteiger partial charge is 0.497 e. The molecule has 0 aliphatic carbocycles. The molecule has 0 saturated heterocycles. The zero-order chi connectivity index (χ0) is 19.3. The van der Waals surface area contributed by atoms with Crippen molar-refractivity contribution in [3.8, 4) is 16.9 Å². The standard InChI is InChI=1S/C15H9N5O7/c1-26-7-2-3-10-8(4-7)9(6-16-10)13-11(18(21)22)5-12(19(23)24)14-15(13)20(25)27-17-14/h2-6,16H,1H3. The molecule has 136 valence electrons. The fraction of sp³-hybridized carbons (Fsp3) is 0.0667. The number of non-ortho nitro benzene ring substituents is 1. The van der Waals surface area contributed by atoms with Gasteiger partial charge in [-0.3, -0.25) is 24.9 Å². The number of ether oxygens (including phenoxy) is 1. The molecule has 0 aliphatic heterocycles. The van der Waals surface area contributed by atoms with Crippen LogP contribution in [0.25, 0.3) is 33.1 Å². The number of aromatic amines is 1. The molecule has 0 saturated carbocycles. The summed E-state index contributed by atoms with van der Waals surface area (Å²) >= 11 is 0. The molecule has 0 fully saturated rings. The zero-order valence-corrected chi connectivity index (χ0v) is 13.5. The van der Waals surface area contributed by atoms with Gasteiger partial charge in [-0.15, -0.1) is 0 Å². The molecule has 2 aromatic heterocycles. The van der Waals surface area contributed by atoms with E-state index in [1.165, 1.54) is 13.3 Å². The summed E-state index contributed by atoms with van der Waals surface area (Å²) in [6.45, 7) is 0. The average Bonchev–Trinajstić information content (AvgIpc) is 3.23. The molecular formula is C15H9N5O7. The molecule has 27 heavy (non-hydrogen) atoms. The smallest absolute Gasteiger partial charge is 0.333 e. The molecule has 4 aromatic rings. The van der Waals surface area contributed by atoms with Crippen LogP contribution in [0.4, 0.5) is 11.4 Å². The minimum absolute atomic E-state index is 0.0797. The van der Waals surface area contributed by atoms with Gasteiger partial charge in [0.1, 0.15) is 11.3 Å². The van der Waals surface area contributed by atoms with E-state index in [2.05, 4.69) is 14.8 Å². The van der Waals surface area contributed by atoms with Gasteiger partial charge in [0.05, 0.1) is 28.2 Å². The van der Waals surface area contributed by atoms with Crippen LogP contribution in [0.15, 0.2) is 35.1 Å². The molecule has 0 bridgehead atoms. The number of nitro groups is 2. The molecule has 0 aliphatic rings. The molecule has 0 spiro atoms. The molecule has 12 nitrogen and oxygen atoms in total. The molecule has 2 heterocycles. The van der Waals surface area contributed by atoms with Crippen molar-refractivity contribution < 1.29 is 24.1 Å². The third-order valence-corrected chi connectivity index (χ3v) is 4.17. The number of benzene rings is 2. The number of rotatable bonds is 4. The number of methoxy groups -OCH3 is 1. The third kappa shape index (κ3) is 2.31. The first-order valence-electron chi connectivity index (χ1n) is 7.43. The number of nitro benzene ring substituents is 2. The van der Waals surface area contributed by atoms with Gasteiger partial charge in [-0.1, -0.05) is 0 Å². The Hall–Kier alpha value is -4.22. The Morgan fingerprint density at radius 3 is 2.59 bits per heavy atom. The van der Waals surface area contributed by atoms with Gasteiger partial charge in [-0.25, -0.2) is 0 Å². The van der Waals surface area contributed by atoms with Crippen molar-refractivity contribution >= 4 is 33.3 Å². The zero-order valence-electron chi connectivity index (χ0n) is 13.5. The lowest BCUT2D eigenvalue weighted by atomic mass is 10.00. The van der Waals surface area contributed by atoms with E-state index in [1.54, 1.807) is 18.2 Å². The Morgan fingerprint density at radius 1 is 1.19 bits per heavy atom. The summed E-state index contributed by atoms with van der Waals surface area (Å²) in [6, 6.07) is 5.78. The monoisotopic (exact) mass is 371 g/mol.